The molecule has 1 saturated carbocycles. The lowest BCUT2D eigenvalue weighted by Gasteiger charge is -2.23. The molecule has 0 radical (unpaired) electrons. The number of anilines is 2. The van der Waals surface area contributed by atoms with Crippen LogP contribution in [-0.4, -0.2) is 20.0 Å². The van der Waals surface area contributed by atoms with Crippen molar-refractivity contribution in [1.29, 1.82) is 15.8 Å². The normalized spacial score (nSPS) is 13.8. The molecule has 0 bridgehead atoms. The largest absolute Gasteiger partial charge is 0.377 e. The minimum Gasteiger partial charge on any atom is -0.377 e. The number of nitriles is 3. The lowest BCUT2D eigenvalue weighted by atomic mass is 9.99. The molecule has 0 amide bonds. The third-order valence-corrected chi connectivity index (χ3v) is 7.46. The van der Waals surface area contributed by atoms with Gasteiger partial charge in [0.2, 0.25) is 0 Å². The van der Waals surface area contributed by atoms with E-state index in [2.05, 4.69) is 44.1 Å². The van der Waals surface area contributed by atoms with Gasteiger partial charge in [-0.3, -0.25) is 4.98 Å². The van der Waals surface area contributed by atoms with E-state index >= 15 is 0 Å². The Morgan fingerprint density at radius 2 is 1.64 bits per heavy atom. The average molecular weight is 550 g/mol. The van der Waals surface area contributed by atoms with Gasteiger partial charge < -0.3 is 10.6 Å². The van der Waals surface area contributed by atoms with Crippen LogP contribution in [-0.2, 0) is 0 Å². The van der Waals surface area contributed by atoms with E-state index in [9.17, 15) is 15.8 Å². The van der Waals surface area contributed by atoms with E-state index in [1.165, 1.54) is 0 Å². The molecule has 3 aromatic carbocycles. The van der Waals surface area contributed by atoms with Crippen molar-refractivity contribution in [2.75, 3.05) is 10.6 Å². The first-order valence-electron chi connectivity index (χ1n) is 13.9. The molecule has 1 fully saturated rings. The van der Waals surface area contributed by atoms with Gasteiger partial charge in [0.05, 0.1) is 64.5 Å². The average Bonchev–Trinajstić information content (AvgIpc) is 3.78. The molecule has 6 rings (SSSR count). The lowest BCUT2D eigenvalue weighted by Crippen LogP contribution is -2.15. The van der Waals surface area contributed by atoms with Crippen molar-refractivity contribution < 1.29 is 0 Å². The summed E-state index contributed by atoms with van der Waals surface area (Å²) in [6, 6.07) is 29.9. The molecule has 0 unspecified atom stereocenters. The Balaban J connectivity index is 1.46. The molecule has 2 aromatic heterocycles. The zero-order valence-electron chi connectivity index (χ0n) is 22.8. The van der Waals surface area contributed by atoms with Gasteiger partial charge in [-0.15, -0.1) is 5.10 Å². The summed E-state index contributed by atoms with van der Waals surface area (Å²) in [6.07, 6.45) is 6.61. The van der Waals surface area contributed by atoms with Crippen LogP contribution in [0.1, 0.15) is 71.8 Å². The Bertz CT molecular complexity index is 1840. The first-order valence-corrected chi connectivity index (χ1v) is 13.9. The summed E-state index contributed by atoms with van der Waals surface area (Å²) in [5.41, 5.74) is 5.35. The Labute approximate surface area is 243 Å². The molecule has 9 heteroatoms. The summed E-state index contributed by atoms with van der Waals surface area (Å²) in [5.74, 6) is 0. The number of aromatic nitrogens is 4. The van der Waals surface area contributed by atoms with Gasteiger partial charge in [0.1, 0.15) is 11.8 Å². The number of hydrogen-bond acceptors (Lipinski definition) is 8. The van der Waals surface area contributed by atoms with Crippen LogP contribution >= 0.6 is 0 Å². The van der Waals surface area contributed by atoms with Gasteiger partial charge >= 0.3 is 0 Å². The highest BCUT2D eigenvalue weighted by molar-refractivity contribution is 6.01. The molecule has 9 nitrogen and oxygen atoms in total. The fourth-order valence-electron chi connectivity index (χ4n) is 5.18. The maximum Gasteiger partial charge on any atom is 0.109 e. The highest BCUT2D eigenvalue weighted by Crippen LogP contribution is 2.38. The second-order valence-electron chi connectivity index (χ2n) is 10.3. The minimum atomic E-state index is -0.350. The fourth-order valence-corrected chi connectivity index (χ4v) is 5.18. The third-order valence-electron chi connectivity index (χ3n) is 7.46. The monoisotopic (exact) mass is 549 g/mol. The van der Waals surface area contributed by atoms with Crippen molar-refractivity contribution in [3.8, 4) is 18.2 Å². The van der Waals surface area contributed by atoms with Gasteiger partial charge in [0, 0.05) is 18.0 Å². The summed E-state index contributed by atoms with van der Waals surface area (Å²) in [7, 11) is 0. The smallest absolute Gasteiger partial charge is 0.109 e. The number of nitrogens with one attached hydrogen (secondary N) is 2. The van der Waals surface area contributed by atoms with E-state index in [1.807, 2.05) is 71.5 Å². The van der Waals surface area contributed by atoms with Gasteiger partial charge in [0.15, 0.2) is 0 Å². The Kier molecular flexibility index (Phi) is 7.44. The quantitative estimate of drug-likeness (QED) is 0.200. The van der Waals surface area contributed by atoms with Crippen LogP contribution in [0.4, 0.5) is 11.4 Å². The van der Waals surface area contributed by atoms with E-state index in [1.54, 1.807) is 18.3 Å². The molecule has 1 aliphatic rings. The Hall–Kier alpha value is -5.72. The number of nitrogens with zero attached hydrogens (tertiary/aromatic N) is 7. The first-order chi connectivity index (χ1) is 20.7. The van der Waals surface area contributed by atoms with Crippen LogP contribution in [0.5, 0.6) is 0 Å². The van der Waals surface area contributed by atoms with Crippen LogP contribution in [0.25, 0.3) is 10.9 Å². The second kappa shape index (κ2) is 11.8. The number of hydrogen-bond donors (Lipinski definition) is 2. The zero-order valence-corrected chi connectivity index (χ0v) is 22.8. The molecule has 0 saturated heterocycles. The summed E-state index contributed by atoms with van der Waals surface area (Å²) < 4.78 is 1.92. The summed E-state index contributed by atoms with van der Waals surface area (Å²) in [5, 5.41) is 46.0. The SMILES string of the molecule is N#CCC[C@@H](Nc1c(C#N)cnc2c(N[C@@H](c3ccccc3)c3cn(C4CC4)nn3)cc(C#N)cc12)c1ccccc1. The van der Waals surface area contributed by atoms with Gasteiger partial charge in [-0.05, 0) is 42.5 Å². The molecule has 0 spiro atoms. The van der Waals surface area contributed by atoms with Crippen LogP contribution < -0.4 is 10.6 Å². The molecule has 2 N–H and O–H groups in total. The topological polar surface area (TPSA) is 139 Å². The van der Waals surface area contributed by atoms with E-state index in [-0.39, 0.29) is 12.1 Å². The molecule has 204 valence electrons. The zero-order chi connectivity index (χ0) is 28.9. The van der Waals surface area contributed by atoms with Crippen LogP contribution in [0.15, 0.2) is 85.2 Å². The summed E-state index contributed by atoms with van der Waals surface area (Å²) >= 11 is 0. The Morgan fingerprint density at radius 3 is 2.31 bits per heavy atom. The highest BCUT2D eigenvalue weighted by atomic mass is 15.4. The van der Waals surface area contributed by atoms with Gasteiger partial charge in [-0.1, -0.05) is 65.9 Å². The number of pyridine rings is 1. The number of rotatable bonds is 10. The molecule has 2 atom stereocenters. The van der Waals surface area contributed by atoms with Gasteiger partial charge in [-0.25, -0.2) is 4.68 Å². The van der Waals surface area contributed by atoms with Crippen molar-refractivity contribution in [1.82, 2.24) is 20.0 Å². The highest BCUT2D eigenvalue weighted by Gasteiger charge is 2.27. The predicted octanol–water partition coefficient (Wildman–Crippen LogP) is 6.56. The molecular weight excluding hydrogens is 522 g/mol. The summed E-state index contributed by atoms with van der Waals surface area (Å²) in [4.78, 5) is 4.69. The maximum atomic E-state index is 10.0. The van der Waals surface area contributed by atoms with E-state index in [4.69, 9.17) is 0 Å². The van der Waals surface area contributed by atoms with E-state index < -0.39 is 0 Å². The van der Waals surface area contributed by atoms with Crippen LogP contribution in [0.2, 0.25) is 0 Å². The third kappa shape index (κ3) is 5.47. The minimum absolute atomic E-state index is 0.222. The molecule has 2 heterocycles. The predicted molar refractivity (Wildman–Crippen MR) is 159 cm³/mol. The first kappa shape index (κ1) is 26.5. The molecule has 42 heavy (non-hydrogen) atoms. The fraction of sp³-hybridized carbons (Fsp3) is 0.212. The van der Waals surface area contributed by atoms with Crippen LogP contribution in [0.3, 0.4) is 0 Å². The van der Waals surface area contributed by atoms with E-state index in [0.29, 0.717) is 52.3 Å². The molecule has 0 aliphatic heterocycles. The lowest BCUT2D eigenvalue weighted by molar-refractivity contribution is 0.610. The van der Waals surface area contributed by atoms with Gasteiger partial charge in [-0.2, -0.15) is 15.8 Å². The maximum absolute atomic E-state index is 10.0. The van der Waals surface area contributed by atoms with Crippen molar-refractivity contribution in [3.63, 3.8) is 0 Å². The molecular formula is C33H27N9. The van der Waals surface area contributed by atoms with Crippen molar-refractivity contribution in [2.45, 2.75) is 43.8 Å². The standard InChI is InChI=1S/C33H27N9/c34-15-7-12-28(23-8-3-1-4-9-23)38-31-25(19-36)20-37-33-27(31)16-22(18-35)17-29(33)39-32(24-10-5-2-6-11-24)30-21-42(41-40-30)26-13-14-26/h1-6,8-11,16-17,20-21,26,28,32,39H,7,12-14H2,(H,37,38)/t28-,32+/m1/s1. The van der Waals surface area contributed by atoms with E-state index in [0.717, 1.165) is 29.7 Å². The molecule has 1 aliphatic carbocycles. The van der Waals surface area contributed by atoms with Crippen molar-refractivity contribution in [2.24, 2.45) is 0 Å². The molecule has 5 aromatic rings. The second-order valence-corrected chi connectivity index (χ2v) is 10.3. The van der Waals surface area contributed by atoms with Crippen molar-refractivity contribution in [3.05, 3.63) is 113 Å². The van der Waals surface area contributed by atoms with Crippen molar-refractivity contribution >= 4 is 22.3 Å². The summed E-state index contributed by atoms with van der Waals surface area (Å²) in [6.45, 7) is 0. The number of benzene rings is 3. The Morgan fingerprint density at radius 1 is 0.905 bits per heavy atom. The van der Waals surface area contributed by atoms with Crippen LogP contribution in [0, 0.1) is 34.0 Å². The van der Waals surface area contributed by atoms with Gasteiger partial charge in [0.25, 0.3) is 0 Å². The number of fused-ring (bicyclic) bond motifs is 1.